The number of methoxy groups -OCH3 is 1. The number of ether oxygens (including phenoxy) is 1. The zero-order valence-corrected chi connectivity index (χ0v) is 14.7. The molecule has 0 fully saturated rings. The van der Waals surface area contributed by atoms with E-state index in [0.717, 1.165) is 11.6 Å². The number of rotatable bonds is 4. The molecule has 1 N–H and O–H groups in total. The third-order valence-corrected chi connectivity index (χ3v) is 5.08. The van der Waals surface area contributed by atoms with Crippen LogP contribution < -0.4 is 4.72 Å². The smallest absolute Gasteiger partial charge is 0.339 e. The minimum absolute atomic E-state index is 0.00988. The number of esters is 1. The fourth-order valence-electron chi connectivity index (χ4n) is 1.81. The van der Waals surface area contributed by atoms with Gasteiger partial charge in [-0.15, -0.1) is 0 Å². The van der Waals surface area contributed by atoms with Gasteiger partial charge in [-0.2, -0.15) is 0 Å². The molecule has 23 heavy (non-hydrogen) atoms. The maximum absolute atomic E-state index is 14.1. The molecule has 0 aliphatic carbocycles. The quantitative estimate of drug-likeness (QED) is 0.795. The molecule has 0 amide bonds. The van der Waals surface area contributed by atoms with Crippen molar-refractivity contribution < 1.29 is 22.3 Å². The van der Waals surface area contributed by atoms with Gasteiger partial charge in [0.05, 0.1) is 23.3 Å². The van der Waals surface area contributed by atoms with Gasteiger partial charge in [0.15, 0.2) is 0 Å². The molecule has 0 aromatic heterocycles. The molecule has 0 saturated carbocycles. The fourth-order valence-corrected chi connectivity index (χ4v) is 3.38. The van der Waals surface area contributed by atoms with Gasteiger partial charge in [-0.25, -0.2) is 17.6 Å². The highest BCUT2D eigenvalue weighted by atomic mass is 79.9. The molecule has 0 unspecified atom stereocenters. The number of hydrogen-bond acceptors (Lipinski definition) is 4. The van der Waals surface area contributed by atoms with Gasteiger partial charge in [0.25, 0.3) is 10.0 Å². The Labute approximate surface area is 141 Å². The first kappa shape index (κ1) is 17.4. The summed E-state index contributed by atoms with van der Waals surface area (Å²) < 4.78 is 45.5. The van der Waals surface area contributed by atoms with Gasteiger partial charge in [-0.1, -0.05) is 17.7 Å². The third kappa shape index (κ3) is 3.89. The first-order valence-electron chi connectivity index (χ1n) is 6.41. The van der Waals surface area contributed by atoms with Crippen molar-refractivity contribution in [2.75, 3.05) is 11.8 Å². The normalized spacial score (nSPS) is 11.1. The van der Waals surface area contributed by atoms with Gasteiger partial charge >= 0.3 is 5.97 Å². The summed E-state index contributed by atoms with van der Waals surface area (Å²) in [6, 6.07) is 8.21. The maximum atomic E-state index is 14.1. The lowest BCUT2D eigenvalue weighted by atomic mass is 10.2. The Morgan fingerprint density at radius 2 is 1.83 bits per heavy atom. The molecular formula is C15H13BrFNO4S. The average Bonchev–Trinajstić information content (AvgIpc) is 2.50. The highest BCUT2D eigenvalue weighted by Crippen LogP contribution is 2.27. The molecule has 0 heterocycles. The van der Waals surface area contributed by atoms with Crippen LogP contribution in [0.5, 0.6) is 0 Å². The number of sulfonamides is 1. The van der Waals surface area contributed by atoms with Crippen molar-refractivity contribution in [3.63, 3.8) is 0 Å². The first-order chi connectivity index (χ1) is 10.7. The Bertz CT molecular complexity index is 851. The van der Waals surface area contributed by atoms with Crippen molar-refractivity contribution >= 4 is 37.6 Å². The second kappa shape index (κ2) is 6.67. The summed E-state index contributed by atoms with van der Waals surface area (Å²) in [7, 11) is -2.77. The van der Waals surface area contributed by atoms with E-state index in [0.29, 0.717) is 0 Å². The second-order valence-corrected chi connectivity index (χ2v) is 7.26. The number of hydrogen-bond donors (Lipinski definition) is 1. The molecule has 0 radical (unpaired) electrons. The van der Waals surface area contributed by atoms with Crippen LogP contribution in [-0.4, -0.2) is 21.5 Å². The van der Waals surface area contributed by atoms with E-state index in [1.807, 2.05) is 6.92 Å². The van der Waals surface area contributed by atoms with E-state index in [9.17, 15) is 17.6 Å². The van der Waals surface area contributed by atoms with Crippen molar-refractivity contribution in [3.8, 4) is 0 Å². The lowest BCUT2D eigenvalue weighted by Gasteiger charge is -2.11. The number of carbonyl (C=O) groups excluding carboxylic acids is 1. The molecule has 0 aliphatic heterocycles. The van der Waals surface area contributed by atoms with Crippen molar-refractivity contribution in [1.29, 1.82) is 0 Å². The first-order valence-corrected chi connectivity index (χ1v) is 8.69. The van der Waals surface area contributed by atoms with E-state index in [4.69, 9.17) is 0 Å². The summed E-state index contributed by atoms with van der Waals surface area (Å²) in [5, 5.41) is 0. The summed E-state index contributed by atoms with van der Waals surface area (Å²) in [5.41, 5.74) is 0.591. The van der Waals surface area contributed by atoms with Gasteiger partial charge in [-0.05, 0) is 47.1 Å². The molecule has 5 nitrogen and oxygen atoms in total. The predicted octanol–water partition coefficient (Wildman–Crippen LogP) is 3.48. The van der Waals surface area contributed by atoms with Crippen LogP contribution in [0.4, 0.5) is 10.1 Å². The monoisotopic (exact) mass is 401 g/mol. The molecular weight excluding hydrogens is 389 g/mol. The minimum atomic E-state index is -3.94. The maximum Gasteiger partial charge on any atom is 0.339 e. The van der Waals surface area contributed by atoms with Gasteiger partial charge in [0.1, 0.15) is 5.82 Å². The van der Waals surface area contributed by atoms with Gasteiger partial charge in [0.2, 0.25) is 0 Å². The van der Waals surface area contributed by atoms with Crippen LogP contribution in [0.2, 0.25) is 0 Å². The SMILES string of the molecule is COC(=O)c1cc(F)c(NS(=O)(=O)c2ccc(C)cc2)cc1Br. The topological polar surface area (TPSA) is 72.5 Å². The number of carbonyl (C=O) groups is 1. The van der Waals surface area contributed by atoms with Crippen molar-refractivity contribution in [2.45, 2.75) is 11.8 Å². The molecule has 0 bridgehead atoms. The largest absolute Gasteiger partial charge is 0.465 e. The van der Waals surface area contributed by atoms with Crippen LogP contribution in [0.25, 0.3) is 0 Å². The van der Waals surface area contributed by atoms with E-state index in [1.54, 1.807) is 12.1 Å². The van der Waals surface area contributed by atoms with Crippen LogP contribution >= 0.6 is 15.9 Å². The highest BCUT2D eigenvalue weighted by molar-refractivity contribution is 9.10. The van der Waals surface area contributed by atoms with E-state index >= 15 is 0 Å². The molecule has 0 saturated heterocycles. The summed E-state index contributed by atoms with van der Waals surface area (Å²) in [6.07, 6.45) is 0. The third-order valence-electron chi connectivity index (χ3n) is 3.04. The van der Waals surface area contributed by atoms with E-state index in [2.05, 4.69) is 25.4 Å². The number of anilines is 1. The van der Waals surface area contributed by atoms with Crippen LogP contribution in [0.1, 0.15) is 15.9 Å². The zero-order chi connectivity index (χ0) is 17.2. The predicted molar refractivity (Wildman–Crippen MR) is 87.4 cm³/mol. The number of aryl methyl sites for hydroxylation is 1. The summed E-state index contributed by atoms with van der Waals surface area (Å²) in [4.78, 5) is 11.5. The molecule has 2 rings (SSSR count). The lowest BCUT2D eigenvalue weighted by Crippen LogP contribution is -2.14. The molecule has 0 spiro atoms. The molecule has 122 valence electrons. The van der Waals surface area contributed by atoms with Crippen molar-refractivity contribution in [1.82, 2.24) is 0 Å². The summed E-state index contributed by atoms with van der Waals surface area (Å²) in [6.45, 7) is 1.83. The average molecular weight is 402 g/mol. The van der Waals surface area contributed by atoms with Crippen LogP contribution in [-0.2, 0) is 14.8 Å². The second-order valence-electron chi connectivity index (χ2n) is 4.72. The van der Waals surface area contributed by atoms with Crippen LogP contribution in [0, 0.1) is 12.7 Å². The number of benzene rings is 2. The van der Waals surface area contributed by atoms with Crippen molar-refractivity contribution in [2.24, 2.45) is 0 Å². The Kier molecular flexibility index (Phi) is 5.06. The molecule has 8 heteroatoms. The lowest BCUT2D eigenvalue weighted by molar-refractivity contribution is 0.0599. The Morgan fingerprint density at radius 3 is 2.39 bits per heavy atom. The summed E-state index contributed by atoms with van der Waals surface area (Å²) >= 11 is 3.09. The van der Waals surface area contributed by atoms with E-state index in [-0.39, 0.29) is 20.6 Å². The fraction of sp³-hybridized carbons (Fsp3) is 0.133. The van der Waals surface area contributed by atoms with E-state index < -0.39 is 21.8 Å². The molecule has 2 aromatic rings. The van der Waals surface area contributed by atoms with Crippen molar-refractivity contribution in [3.05, 3.63) is 57.8 Å². The Balaban J connectivity index is 2.38. The van der Waals surface area contributed by atoms with Crippen LogP contribution in [0.15, 0.2) is 45.8 Å². The van der Waals surface area contributed by atoms with E-state index in [1.165, 1.54) is 25.3 Å². The zero-order valence-electron chi connectivity index (χ0n) is 12.3. The van der Waals surface area contributed by atoms with Crippen LogP contribution in [0.3, 0.4) is 0 Å². The highest BCUT2D eigenvalue weighted by Gasteiger charge is 2.20. The van der Waals surface area contributed by atoms with Gasteiger partial charge in [0, 0.05) is 4.47 Å². The van der Waals surface area contributed by atoms with Gasteiger partial charge < -0.3 is 4.74 Å². The Morgan fingerprint density at radius 1 is 1.22 bits per heavy atom. The Hall–Kier alpha value is -1.93. The minimum Gasteiger partial charge on any atom is -0.465 e. The number of nitrogens with one attached hydrogen (secondary N) is 1. The van der Waals surface area contributed by atoms with Gasteiger partial charge in [-0.3, -0.25) is 4.72 Å². The molecule has 2 aromatic carbocycles. The standard InChI is InChI=1S/C15H13BrFNO4S/c1-9-3-5-10(6-4-9)23(20,21)18-14-8-12(16)11(7-13(14)17)15(19)22-2/h3-8,18H,1-2H3. The number of halogens is 2. The molecule has 0 atom stereocenters. The molecule has 0 aliphatic rings. The summed E-state index contributed by atoms with van der Waals surface area (Å²) in [5.74, 6) is -1.62.